The van der Waals surface area contributed by atoms with Crippen molar-refractivity contribution in [2.45, 2.75) is 50.7 Å². The fourth-order valence-corrected chi connectivity index (χ4v) is 5.27. The van der Waals surface area contributed by atoms with Crippen LogP contribution in [0.3, 0.4) is 0 Å². The van der Waals surface area contributed by atoms with Gasteiger partial charge in [-0.05, 0) is 30.5 Å². The molecule has 3 fully saturated rings. The Kier molecular flexibility index (Phi) is 7.52. The van der Waals surface area contributed by atoms with E-state index in [1.54, 1.807) is 14.2 Å². The lowest BCUT2D eigenvalue weighted by Gasteiger charge is -2.40. The summed E-state index contributed by atoms with van der Waals surface area (Å²) in [6.07, 6.45) is 5.46. The van der Waals surface area contributed by atoms with Crippen LogP contribution in [0.2, 0.25) is 0 Å². The van der Waals surface area contributed by atoms with Gasteiger partial charge in [0.05, 0.1) is 26.7 Å². The maximum absolute atomic E-state index is 13.1. The van der Waals surface area contributed by atoms with E-state index in [1.165, 1.54) is 25.7 Å². The number of carbonyl (C=O) groups is 2. The predicted octanol–water partition coefficient (Wildman–Crippen LogP) is 1.48. The van der Waals surface area contributed by atoms with E-state index in [9.17, 15) is 9.59 Å². The van der Waals surface area contributed by atoms with E-state index in [0.717, 1.165) is 31.7 Å². The third-order valence-electron chi connectivity index (χ3n) is 7.11. The number of nitrogens with one attached hydrogen (secondary N) is 1. The molecule has 3 aliphatic rings. The molecule has 0 bridgehead atoms. The molecule has 1 aromatic rings. The Balaban J connectivity index is 1.37. The minimum absolute atomic E-state index is 0.0657. The summed E-state index contributed by atoms with van der Waals surface area (Å²) in [6, 6.07) is 5.98. The van der Waals surface area contributed by atoms with Gasteiger partial charge in [0.25, 0.3) is 0 Å². The first kappa shape index (κ1) is 22.9. The highest BCUT2D eigenvalue weighted by molar-refractivity contribution is 5.88. The third-order valence-corrected chi connectivity index (χ3v) is 7.11. The van der Waals surface area contributed by atoms with Crippen LogP contribution in [0, 0.1) is 0 Å². The molecule has 2 aliphatic heterocycles. The molecule has 1 atom stereocenters. The highest BCUT2D eigenvalue weighted by Gasteiger charge is 2.34. The summed E-state index contributed by atoms with van der Waals surface area (Å²) in [6.45, 7) is 5.27. The van der Waals surface area contributed by atoms with Gasteiger partial charge in [-0.3, -0.25) is 19.4 Å². The van der Waals surface area contributed by atoms with Crippen molar-refractivity contribution in [1.29, 1.82) is 0 Å². The van der Waals surface area contributed by atoms with Crippen molar-refractivity contribution in [1.82, 2.24) is 20.0 Å². The lowest BCUT2D eigenvalue weighted by Crippen LogP contribution is -2.57. The summed E-state index contributed by atoms with van der Waals surface area (Å²) in [4.78, 5) is 32.4. The largest absolute Gasteiger partial charge is 0.497 e. The molecule has 32 heavy (non-hydrogen) atoms. The molecular weight excluding hydrogens is 408 g/mol. The van der Waals surface area contributed by atoms with E-state index >= 15 is 0 Å². The minimum Gasteiger partial charge on any atom is -0.497 e. The van der Waals surface area contributed by atoms with Gasteiger partial charge in [0.2, 0.25) is 11.8 Å². The monoisotopic (exact) mass is 444 g/mol. The molecule has 2 saturated heterocycles. The highest BCUT2D eigenvalue weighted by atomic mass is 16.5. The van der Waals surface area contributed by atoms with Gasteiger partial charge < -0.3 is 19.7 Å². The first-order valence-electron chi connectivity index (χ1n) is 11.8. The molecule has 0 aromatic heterocycles. The first-order valence-corrected chi connectivity index (χ1v) is 11.8. The standard InChI is InChI=1S/C24H36N4O4/c1-31-20-13-18(14-21(15-20)32-2)17-28-8-7-25-24(30)22(28)16-23(29)27-11-9-26(10-12-27)19-5-3-4-6-19/h13-15,19,22H,3-12,16-17H2,1-2H3,(H,25,30)/t22-/m1/s1. The van der Waals surface area contributed by atoms with Crippen LogP contribution in [0.15, 0.2) is 18.2 Å². The zero-order valence-corrected chi connectivity index (χ0v) is 19.3. The topological polar surface area (TPSA) is 74.4 Å². The van der Waals surface area contributed by atoms with Gasteiger partial charge in [-0.2, -0.15) is 0 Å². The summed E-state index contributed by atoms with van der Waals surface area (Å²) < 4.78 is 10.8. The lowest BCUT2D eigenvalue weighted by atomic mass is 10.1. The number of benzene rings is 1. The normalized spacial score (nSPS) is 23.2. The van der Waals surface area contributed by atoms with Crippen molar-refractivity contribution in [3.8, 4) is 11.5 Å². The van der Waals surface area contributed by atoms with Crippen LogP contribution in [0.1, 0.15) is 37.7 Å². The predicted molar refractivity (Wildman–Crippen MR) is 122 cm³/mol. The number of piperazine rings is 2. The number of amides is 2. The third kappa shape index (κ3) is 5.35. The molecule has 1 aromatic carbocycles. The van der Waals surface area contributed by atoms with Crippen molar-refractivity contribution >= 4 is 11.8 Å². The fraction of sp³-hybridized carbons (Fsp3) is 0.667. The van der Waals surface area contributed by atoms with E-state index in [1.807, 2.05) is 23.1 Å². The molecule has 0 radical (unpaired) electrons. The molecule has 8 heteroatoms. The maximum atomic E-state index is 13.1. The highest BCUT2D eigenvalue weighted by Crippen LogP contribution is 2.26. The second-order valence-electron chi connectivity index (χ2n) is 9.06. The average Bonchev–Trinajstić information content (AvgIpc) is 3.36. The second kappa shape index (κ2) is 10.5. The van der Waals surface area contributed by atoms with Crippen molar-refractivity contribution in [2.75, 3.05) is 53.5 Å². The number of methoxy groups -OCH3 is 2. The molecule has 1 aliphatic carbocycles. The summed E-state index contributed by atoms with van der Waals surface area (Å²) in [7, 11) is 3.25. The summed E-state index contributed by atoms with van der Waals surface area (Å²) in [5.41, 5.74) is 0.999. The van der Waals surface area contributed by atoms with Gasteiger partial charge in [-0.1, -0.05) is 12.8 Å². The van der Waals surface area contributed by atoms with Crippen LogP contribution in [-0.4, -0.2) is 92.1 Å². The van der Waals surface area contributed by atoms with Gasteiger partial charge in [-0.25, -0.2) is 0 Å². The van der Waals surface area contributed by atoms with Gasteiger partial charge >= 0.3 is 0 Å². The molecular formula is C24H36N4O4. The van der Waals surface area contributed by atoms with Crippen LogP contribution < -0.4 is 14.8 Å². The molecule has 0 unspecified atom stereocenters. The zero-order chi connectivity index (χ0) is 22.5. The van der Waals surface area contributed by atoms with E-state index in [0.29, 0.717) is 37.2 Å². The van der Waals surface area contributed by atoms with Crippen LogP contribution in [0.25, 0.3) is 0 Å². The molecule has 0 spiro atoms. The Bertz CT molecular complexity index is 781. The number of rotatable bonds is 7. The Labute approximate surface area is 190 Å². The number of hydrogen-bond acceptors (Lipinski definition) is 6. The SMILES string of the molecule is COc1cc(CN2CCNC(=O)[C@H]2CC(=O)N2CCN(C3CCCC3)CC2)cc(OC)c1. The molecule has 176 valence electrons. The van der Waals surface area contributed by atoms with E-state index in [-0.39, 0.29) is 18.2 Å². The number of hydrogen-bond donors (Lipinski definition) is 1. The minimum atomic E-state index is -0.457. The zero-order valence-electron chi connectivity index (χ0n) is 19.3. The molecule has 2 heterocycles. The van der Waals surface area contributed by atoms with Crippen molar-refractivity contribution in [2.24, 2.45) is 0 Å². The smallest absolute Gasteiger partial charge is 0.237 e. The van der Waals surface area contributed by atoms with Crippen LogP contribution >= 0.6 is 0 Å². The van der Waals surface area contributed by atoms with Gasteiger partial charge in [0.15, 0.2) is 0 Å². The van der Waals surface area contributed by atoms with Crippen LogP contribution in [0.5, 0.6) is 11.5 Å². The number of ether oxygens (including phenoxy) is 2. The lowest BCUT2D eigenvalue weighted by molar-refractivity contribution is -0.140. The number of carbonyl (C=O) groups excluding carboxylic acids is 2. The quantitative estimate of drug-likeness (QED) is 0.687. The van der Waals surface area contributed by atoms with Crippen molar-refractivity contribution < 1.29 is 19.1 Å². The fourth-order valence-electron chi connectivity index (χ4n) is 5.27. The van der Waals surface area contributed by atoms with Crippen molar-refractivity contribution in [3.63, 3.8) is 0 Å². The van der Waals surface area contributed by atoms with Crippen LogP contribution in [-0.2, 0) is 16.1 Å². The maximum Gasteiger partial charge on any atom is 0.237 e. The first-order chi connectivity index (χ1) is 15.6. The van der Waals surface area contributed by atoms with Gasteiger partial charge in [0, 0.05) is 57.9 Å². The molecule has 1 N–H and O–H groups in total. The summed E-state index contributed by atoms with van der Waals surface area (Å²) >= 11 is 0. The Morgan fingerprint density at radius 2 is 1.66 bits per heavy atom. The van der Waals surface area contributed by atoms with E-state index in [4.69, 9.17) is 9.47 Å². The second-order valence-corrected chi connectivity index (χ2v) is 9.06. The van der Waals surface area contributed by atoms with E-state index in [2.05, 4.69) is 15.1 Å². The van der Waals surface area contributed by atoms with E-state index < -0.39 is 6.04 Å². The van der Waals surface area contributed by atoms with Gasteiger partial charge in [-0.15, -0.1) is 0 Å². The Hall–Kier alpha value is -2.32. The van der Waals surface area contributed by atoms with Gasteiger partial charge in [0.1, 0.15) is 11.5 Å². The molecule has 1 saturated carbocycles. The Morgan fingerprint density at radius 3 is 2.28 bits per heavy atom. The molecule has 4 rings (SSSR count). The summed E-state index contributed by atoms with van der Waals surface area (Å²) in [5.74, 6) is 1.44. The summed E-state index contributed by atoms with van der Waals surface area (Å²) in [5, 5.41) is 2.94. The number of nitrogens with zero attached hydrogens (tertiary/aromatic N) is 3. The average molecular weight is 445 g/mol. The van der Waals surface area contributed by atoms with Crippen LogP contribution in [0.4, 0.5) is 0 Å². The Morgan fingerprint density at radius 1 is 1.00 bits per heavy atom. The molecule has 8 nitrogen and oxygen atoms in total. The molecule has 2 amide bonds. The van der Waals surface area contributed by atoms with Crippen molar-refractivity contribution in [3.05, 3.63) is 23.8 Å².